The maximum absolute atomic E-state index is 12.4. The quantitative estimate of drug-likeness (QED) is 0.743. The molecule has 3 aromatic heterocycles. The van der Waals surface area contributed by atoms with E-state index < -0.39 is 0 Å². The summed E-state index contributed by atoms with van der Waals surface area (Å²) in [6, 6.07) is -0.285. The number of thiophene rings is 1. The second kappa shape index (κ2) is 6.34. The SMILES string of the molecule is CC[C@H](CO)NC(=O)c1nc2c3c4c(sc3ncn2n1)CC[C@H](C)C4. The van der Waals surface area contributed by atoms with Crippen LogP contribution in [0.15, 0.2) is 6.33 Å². The zero-order valence-electron chi connectivity index (χ0n) is 14.3. The molecule has 132 valence electrons. The molecule has 0 saturated carbocycles. The van der Waals surface area contributed by atoms with Gasteiger partial charge in [-0.3, -0.25) is 4.79 Å². The van der Waals surface area contributed by atoms with E-state index in [4.69, 9.17) is 0 Å². The summed E-state index contributed by atoms with van der Waals surface area (Å²) in [7, 11) is 0. The maximum Gasteiger partial charge on any atom is 0.291 e. The molecule has 0 unspecified atom stereocenters. The molecule has 4 rings (SSSR count). The fraction of sp³-hybridized carbons (Fsp3) is 0.529. The molecule has 0 aliphatic heterocycles. The molecule has 2 atom stereocenters. The van der Waals surface area contributed by atoms with Crippen molar-refractivity contribution in [1.82, 2.24) is 24.9 Å². The van der Waals surface area contributed by atoms with Gasteiger partial charge in [-0.05, 0) is 37.2 Å². The highest BCUT2D eigenvalue weighted by Crippen LogP contribution is 2.38. The number of aryl methyl sites for hydroxylation is 1. The van der Waals surface area contributed by atoms with Crippen LogP contribution < -0.4 is 5.32 Å². The van der Waals surface area contributed by atoms with Gasteiger partial charge in [-0.1, -0.05) is 13.8 Å². The Labute approximate surface area is 149 Å². The lowest BCUT2D eigenvalue weighted by Gasteiger charge is -2.17. The molecule has 1 aliphatic carbocycles. The van der Waals surface area contributed by atoms with Crippen LogP contribution in [0.3, 0.4) is 0 Å². The fourth-order valence-corrected chi connectivity index (χ4v) is 4.55. The Morgan fingerprint density at radius 1 is 1.56 bits per heavy atom. The molecule has 1 aliphatic rings. The van der Waals surface area contributed by atoms with E-state index in [2.05, 4.69) is 27.3 Å². The summed E-state index contributed by atoms with van der Waals surface area (Å²) < 4.78 is 1.59. The van der Waals surface area contributed by atoms with Gasteiger partial charge in [-0.2, -0.15) is 0 Å². The van der Waals surface area contributed by atoms with Crippen molar-refractivity contribution in [2.75, 3.05) is 6.61 Å². The van der Waals surface area contributed by atoms with Crippen molar-refractivity contribution in [3.8, 4) is 0 Å². The third-order valence-corrected chi connectivity index (χ3v) is 6.08. The Hall–Kier alpha value is -2.06. The summed E-state index contributed by atoms with van der Waals surface area (Å²) in [6.07, 6.45) is 5.58. The van der Waals surface area contributed by atoms with Crippen molar-refractivity contribution in [3.05, 3.63) is 22.6 Å². The number of amides is 1. The molecule has 1 amide bonds. The first-order valence-electron chi connectivity index (χ1n) is 8.68. The molecule has 0 fully saturated rings. The van der Waals surface area contributed by atoms with E-state index in [9.17, 15) is 9.90 Å². The number of hydrogen-bond acceptors (Lipinski definition) is 6. The van der Waals surface area contributed by atoms with E-state index in [0.29, 0.717) is 18.0 Å². The van der Waals surface area contributed by atoms with Gasteiger partial charge in [0.15, 0.2) is 5.65 Å². The summed E-state index contributed by atoms with van der Waals surface area (Å²) in [4.78, 5) is 23.7. The highest BCUT2D eigenvalue weighted by molar-refractivity contribution is 7.19. The molecule has 0 radical (unpaired) electrons. The summed E-state index contributed by atoms with van der Waals surface area (Å²) in [5.74, 6) is 0.395. The molecule has 3 aromatic rings. The number of nitrogens with zero attached hydrogens (tertiary/aromatic N) is 4. The Kier molecular flexibility index (Phi) is 4.16. The molecule has 0 spiro atoms. The van der Waals surface area contributed by atoms with Crippen LogP contribution >= 0.6 is 11.3 Å². The summed E-state index contributed by atoms with van der Waals surface area (Å²) >= 11 is 1.73. The van der Waals surface area contributed by atoms with Crippen LogP contribution in [0.2, 0.25) is 0 Å². The van der Waals surface area contributed by atoms with Crippen molar-refractivity contribution < 1.29 is 9.90 Å². The standard InChI is InChI=1S/C17H21N5O2S/c1-3-10(7-23)19-16(24)14-20-15-13-11-6-9(2)4-5-12(11)25-17(13)18-8-22(15)21-14/h8-10,23H,3-7H2,1-2H3,(H,19,24)/t9-,10+/m0/s1. The molecule has 3 heterocycles. The van der Waals surface area contributed by atoms with Crippen molar-refractivity contribution in [1.29, 1.82) is 0 Å². The van der Waals surface area contributed by atoms with E-state index in [0.717, 1.165) is 23.1 Å². The summed E-state index contributed by atoms with van der Waals surface area (Å²) in [5.41, 5.74) is 2.01. The predicted octanol–water partition coefficient (Wildman–Crippen LogP) is 1.96. The number of aromatic nitrogens is 4. The number of rotatable bonds is 4. The zero-order chi connectivity index (χ0) is 17.6. The smallest absolute Gasteiger partial charge is 0.291 e. The van der Waals surface area contributed by atoms with Gasteiger partial charge in [0, 0.05) is 4.88 Å². The van der Waals surface area contributed by atoms with Crippen LogP contribution in [0.1, 0.15) is 47.7 Å². The molecule has 8 heteroatoms. The predicted molar refractivity (Wildman–Crippen MR) is 96.0 cm³/mol. The molecule has 2 N–H and O–H groups in total. The Bertz CT molecular complexity index is 943. The third kappa shape index (κ3) is 2.79. The van der Waals surface area contributed by atoms with E-state index in [1.165, 1.54) is 16.9 Å². The number of carbonyl (C=O) groups excluding carboxylic acids is 1. The normalized spacial score (nSPS) is 18.4. The molecule has 7 nitrogen and oxygen atoms in total. The molecular weight excluding hydrogens is 338 g/mol. The lowest BCUT2D eigenvalue weighted by atomic mass is 9.89. The minimum atomic E-state index is -0.366. The zero-order valence-corrected chi connectivity index (χ0v) is 15.1. The minimum Gasteiger partial charge on any atom is -0.394 e. The maximum atomic E-state index is 12.4. The van der Waals surface area contributed by atoms with Crippen molar-refractivity contribution in [2.24, 2.45) is 5.92 Å². The lowest BCUT2D eigenvalue weighted by molar-refractivity contribution is 0.0904. The first kappa shape index (κ1) is 16.4. The largest absolute Gasteiger partial charge is 0.394 e. The van der Waals surface area contributed by atoms with Crippen molar-refractivity contribution in [2.45, 2.75) is 45.6 Å². The summed E-state index contributed by atoms with van der Waals surface area (Å²) in [5, 5.41) is 17.3. The summed E-state index contributed by atoms with van der Waals surface area (Å²) in [6.45, 7) is 4.07. The number of hydrogen-bond donors (Lipinski definition) is 2. The second-order valence-electron chi connectivity index (χ2n) is 6.74. The van der Waals surface area contributed by atoms with E-state index in [1.54, 1.807) is 22.2 Å². The van der Waals surface area contributed by atoms with Gasteiger partial charge in [0.1, 0.15) is 11.2 Å². The van der Waals surface area contributed by atoms with Crippen molar-refractivity contribution >= 4 is 33.1 Å². The van der Waals surface area contributed by atoms with E-state index >= 15 is 0 Å². The number of carbonyl (C=O) groups is 1. The van der Waals surface area contributed by atoms with Crippen LogP contribution in [0, 0.1) is 5.92 Å². The first-order chi connectivity index (χ1) is 12.1. The number of aliphatic hydroxyl groups excluding tert-OH is 1. The lowest BCUT2D eigenvalue weighted by Crippen LogP contribution is -2.37. The van der Waals surface area contributed by atoms with Gasteiger partial charge in [0.2, 0.25) is 5.82 Å². The highest BCUT2D eigenvalue weighted by atomic mass is 32.1. The third-order valence-electron chi connectivity index (χ3n) is 4.88. The van der Waals surface area contributed by atoms with Crippen LogP contribution in [-0.4, -0.2) is 43.2 Å². The van der Waals surface area contributed by atoms with E-state index in [1.807, 2.05) is 6.92 Å². The molecule has 0 saturated heterocycles. The fourth-order valence-electron chi connectivity index (χ4n) is 3.37. The van der Waals surface area contributed by atoms with Gasteiger partial charge >= 0.3 is 0 Å². The highest BCUT2D eigenvalue weighted by Gasteiger charge is 2.25. The molecule has 0 aromatic carbocycles. The van der Waals surface area contributed by atoms with Gasteiger partial charge in [-0.25, -0.2) is 14.5 Å². The van der Waals surface area contributed by atoms with Crippen LogP contribution in [0.4, 0.5) is 0 Å². The molecular formula is C17H21N5O2S. The molecule has 25 heavy (non-hydrogen) atoms. The Balaban J connectivity index is 1.79. The first-order valence-corrected chi connectivity index (χ1v) is 9.49. The number of nitrogens with one attached hydrogen (secondary N) is 1. The van der Waals surface area contributed by atoms with Gasteiger partial charge in [0.05, 0.1) is 18.0 Å². The monoisotopic (exact) mass is 359 g/mol. The van der Waals surface area contributed by atoms with Crippen LogP contribution in [0.5, 0.6) is 0 Å². The number of fused-ring (bicyclic) bond motifs is 5. The van der Waals surface area contributed by atoms with Crippen LogP contribution in [0.25, 0.3) is 15.9 Å². The van der Waals surface area contributed by atoms with Gasteiger partial charge in [-0.15, -0.1) is 16.4 Å². The minimum absolute atomic E-state index is 0.0999. The second-order valence-corrected chi connectivity index (χ2v) is 7.82. The Morgan fingerprint density at radius 3 is 3.16 bits per heavy atom. The molecule has 0 bridgehead atoms. The van der Waals surface area contributed by atoms with E-state index in [-0.39, 0.29) is 24.4 Å². The average molecular weight is 359 g/mol. The topological polar surface area (TPSA) is 92.4 Å². The van der Waals surface area contributed by atoms with Gasteiger partial charge in [0.25, 0.3) is 5.91 Å². The van der Waals surface area contributed by atoms with Gasteiger partial charge < -0.3 is 10.4 Å². The van der Waals surface area contributed by atoms with Crippen molar-refractivity contribution in [3.63, 3.8) is 0 Å². The number of aliphatic hydroxyl groups is 1. The Morgan fingerprint density at radius 2 is 2.40 bits per heavy atom. The average Bonchev–Trinajstić information content (AvgIpc) is 3.19. The van der Waals surface area contributed by atoms with Crippen LogP contribution in [-0.2, 0) is 12.8 Å².